The topological polar surface area (TPSA) is 73.1 Å². The van der Waals surface area contributed by atoms with Gasteiger partial charge in [0.15, 0.2) is 0 Å². The summed E-state index contributed by atoms with van der Waals surface area (Å²) in [4.78, 5) is 12.4. The highest BCUT2D eigenvalue weighted by atomic mass is 35.5. The normalized spacial score (nSPS) is 11.0. The fourth-order valence-corrected chi connectivity index (χ4v) is 2.50. The Labute approximate surface area is 146 Å². The van der Waals surface area contributed by atoms with Gasteiger partial charge in [-0.15, -0.1) is 0 Å². The average molecular weight is 341 g/mol. The number of phenolic OH excluding ortho intramolecular Hbond substituents is 1. The van der Waals surface area contributed by atoms with Crippen LogP contribution in [0.2, 0.25) is 5.02 Å². The zero-order chi connectivity index (χ0) is 17.9. The van der Waals surface area contributed by atoms with E-state index >= 15 is 0 Å². The molecule has 2 aromatic carbocycles. The second kappa shape index (κ2) is 7.20. The molecule has 24 heavy (non-hydrogen) atoms. The molecule has 122 valence electrons. The van der Waals surface area contributed by atoms with Crippen molar-refractivity contribution in [2.24, 2.45) is 0 Å². The van der Waals surface area contributed by atoms with Crippen molar-refractivity contribution in [2.45, 2.75) is 20.8 Å². The van der Waals surface area contributed by atoms with Gasteiger partial charge in [0.05, 0.1) is 0 Å². The van der Waals surface area contributed by atoms with Gasteiger partial charge < -0.3 is 10.4 Å². The summed E-state index contributed by atoms with van der Waals surface area (Å²) >= 11 is 6.04. The minimum Gasteiger partial charge on any atom is -0.507 e. The van der Waals surface area contributed by atoms with Crippen LogP contribution in [0.3, 0.4) is 0 Å². The fraction of sp³-hybridized carbons (Fsp3) is 0.158. The zero-order valence-corrected chi connectivity index (χ0v) is 14.4. The van der Waals surface area contributed by atoms with Gasteiger partial charge in [-0.2, -0.15) is 5.26 Å². The van der Waals surface area contributed by atoms with Crippen LogP contribution in [-0.2, 0) is 4.79 Å². The van der Waals surface area contributed by atoms with Crippen molar-refractivity contribution in [1.82, 2.24) is 0 Å². The zero-order valence-electron chi connectivity index (χ0n) is 13.6. The molecular weight excluding hydrogens is 324 g/mol. The molecule has 1 amide bonds. The van der Waals surface area contributed by atoms with Crippen molar-refractivity contribution in [2.75, 3.05) is 5.32 Å². The first-order valence-electron chi connectivity index (χ1n) is 7.32. The molecule has 2 rings (SSSR count). The SMILES string of the molecule is Cc1cc(/C=C(/C#N)C(=O)Nc2cccc(Cl)c2C)cc(C)c1O. The molecule has 4 nitrogen and oxygen atoms in total. The number of phenols is 1. The smallest absolute Gasteiger partial charge is 0.266 e. The van der Waals surface area contributed by atoms with Gasteiger partial charge in [0.25, 0.3) is 5.91 Å². The lowest BCUT2D eigenvalue weighted by atomic mass is 10.0. The quantitative estimate of drug-likeness (QED) is 0.637. The Balaban J connectivity index is 2.33. The summed E-state index contributed by atoms with van der Waals surface area (Å²) in [5, 5.41) is 22.3. The number of benzene rings is 2. The molecule has 0 saturated carbocycles. The number of hydrogen-bond acceptors (Lipinski definition) is 3. The van der Waals surface area contributed by atoms with Crippen molar-refractivity contribution in [3.05, 3.63) is 63.2 Å². The number of aromatic hydroxyl groups is 1. The van der Waals surface area contributed by atoms with E-state index in [-0.39, 0.29) is 11.3 Å². The van der Waals surface area contributed by atoms with Gasteiger partial charge in [0, 0.05) is 10.7 Å². The third-order valence-corrected chi connectivity index (χ3v) is 4.11. The molecule has 0 atom stereocenters. The van der Waals surface area contributed by atoms with Crippen LogP contribution >= 0.6 is 11.6 Å². The van der Waals surface area contributed by atoms with Crippen LogP contribution in [-0.4, -0.2) is 11.0 Å². The molecule has 0 bridgehead atoms. The molecular formula is C19H17ClN2O2. The summed E-state index contributed by atoms with van der Waals surface area (Å²) in [6.45, 7) is 5.32. The lowest BCUT2D eigenvalue weighted by Crippen LogP contribution is -2.14. The number of carbonyl (C=O) groups excluding carboxylic acids is 1. The Morgan fingerprint density at radius 2 is 1.88 bits per heavy atom. The highest BCUT2D eigenvalue weighted by Gasteiger charge is 2.12. The molecule has 2 aromatic rings. The van der Waals surface area contributed by atoms with Crippen molar-refractivity contribution in [3.63, 3.8) is 0 Å². The second-order valence-electron chi connectivity index (χ2n) is 5.54. The van der Waals surface area contributed by atoms with Crippen molar-refractivity contribution in [1.29, 1.82) is 5.26 Å². The Bertz CT molecular complexity index is 856. The Hall–Kier alpha value is -2.77. The van der Waals surface area contributed by atoms with E-state index in [2.05, 4.69) is 5.32 Å². The minimum absolute atomic E-state index is 0.0288. The van der Waals surface area contributed by atoms with Crippen LogP contribution in [0, 0.1) is 32.1 Å². The fourth-order valence-electron chi connectivity index (χ4n) is 2.32. The largest absolute Gasteiger partial charge is 0.507 e. The molecule has 0 spiro atoms. The number of amides is 1. The molecule has 0 aliphatic heterocycles. The van der Waals surface area contributed by atoms with E-state index in [1.165, 1.54) is 6.08 Å². The van der Waals surface area contributed by atoms with Crippen LogP contribution in [0.4, 0.5) is 5.69 Å². The van der Waals surface area contributed by atoms with Gasteiger partial charge in [0.2, 0.25) is 0 Å². The number of nitrogens with zero attached hydrogens (tertiary/aromatic N) is 1. The molecule has 0 aromatic heterocycles. The van der Waals surface area contributed by atoms with Crippen LogP contribution in [0.25, 0.3) is 6.08 Å². The number of nitriles is 1. The second-order valence-corrected chi connectivity index (χ2v) is 5.95. The third-order valence-electron chi connectivity index (χ3n) is 3.71. The summed E-state index contributed by atoms with van der Waals surface area (Å²) < 4.78 is 0. The van der Waals surface area contributed by atoms with Gasteiger partial charge in [-0.1, -0.05) is 17.7 Å². The standard InChI is InChI=1S/C19H17ClN2O2/c1-11-7-14(8-12(2)18(11)23)9-15(10-21)19(24)22-17-6-4-5-16(20)13(17)3/h4-9,23H,1-3H3,(H,22,24)/b15-9-. The van der Waals surface area contributed by atoms with Gasteiger partial charge >= 0.3 is 0 Å². The molecule has 0 aliphatic rings. The average Bonchev–Trinajstić information content (AvgIpc) is 2.54. The number of carbonyl (C=O) groups is 1. The van der Waals surface area contributed by atoms with Gasteiger partial charge in [-0.3, -0.25) is 4.79 Å². The lowest BCUT2D eigenvalue weighted by molar-refractivity contribution is -0.112. The van der Waals surface area contributed by atoms with Gasteiger partial charge in [0.1, 0.15) is 17.4 Å². The van der Waals surface area contributed by atoms with Gasteiger partial charge in [-0.05, 0) is 73.4 Å². The summed E-state index contributed by atoms with van der Waals surface area (Å²) in [7, 11) is 0. The van der Waals surface area contributed by atoms with Crippen LogP contribution in [0.15, 0.2) is 35.9 Å². The van der Waals surface area contributed by atoms with E-state index in [0.717, 1.165) is 5.56 Å². The molecule has 0 saturated heterocycles. The highest BCUT2D eigenvalue weighted by molar-refractivity contribution is 6.31. The summed E-state index contributed by atoms with van der Waals surface area (Å²) in [6.07, 6.45) is 1.49. The van der Waals surface area contributed by atoms with Crippen molar-refractivity contribution < 1.29 is 9.90 Å². The molecule has 0 heterocycles. The maximum atomic E-state index is 12.4. The van der Waals surface area contributed by atoms with E-state index in [4.69, 9.17) is 11.6 Å². The van der Waals surface area contributed by atoms with Crippen molar-refractivity contribution in [3.8, 4) is 11.8 Å². The minimum atomic E-state index is -0.508. The van der Waals surface area contributed by atoms with E-state index in [1.807, 2.05) is 6.07 Å². The number of halogens is 1. The van der Waals surface area contributed by atoms with Crippen molar-refractivity contribution >= 4 is 29.3 Å². The molecule has 2 N–H and O–H groups in total. The monoisotopic (exact) mass is 340 g/mol. The highest BCUT2D eigenvalue weighted by Crippen LogP contribution is 2.25. The van der Waals surface area contributed by atoms with E-state index in [0.29, 0.717) is 27.4 Å². The van der Waals surface area contributed by atoms with E-state index < -0.39 is 5.91 Å². The number of rotatable bonds is 3. The first-order chi connectivity index (χ1) is 11.3. The predicted octanol–water partition coefficient (Wildman–Crippen LogP) is 4.52. The Morgan fingerprint density at radius 1 is 1.25 bits per heavy atom. The third kappa shape index (κ3) is 3.76. The molecule has 0 aliphatic carbocycles. The number of nitrogens with one attached hydrogen (secondary N) is 1. The Morgan fingerprint density at radius 3 is 2.46 bits per heavy atom. The first-order valence-corrected chi connectivity index (χ1v) is 7.69. The maximum absolute atomic E-state index is 12.4. The van der Waals surface area contributed by atoms with E-state index in [9.17, 15) is 15.2 Å². The number of hydrogen-bond donors (Lipinski definition) is 2. The van der Waals surface area contributed by atoms with Crippen LogP contribution in [0.5, 0.6) is 5.75 Å². The van der Waals surface area contributed by atoms with E-state index in [1.54, 1.807) is 51.1 Å². The van der Waals surface area contributed by atoms with Crippen LogP contribution < -0.4 is 5.32 Å². The maximum Gasteiger partial charge on any atom is 0.266 e. The van der Waals surface area contributed by atoms with Gasteiger partial charge in [-0.25, -0.2) is 0 Å². The predicted molar refractivity (Wildman–Crippen MR) is 96.0 cm³/mol. The summed E-state index contributed by atoms with van der Waals surface area (Å²) in [5.41, 5.74) is 3.32. The first kappa shape index (κ1) is 17.6. The Kier molecular flexibility index (Phi) is 5.28. The summed E-state index contributed by atoms with van der Waals surface area (Å²) in [6, 6.07) is 10.5. The molecule has 0 radical (unpaired) electrons. The molecule has 0 fully saturated rings. The molecule has 5 heteroatoms. The molecule has 0 unspecified atom stereocenters. The summed E-state index contributed by atoms with van der Waals surface area (Å²) in [5.74, 6) is -0.295. The lowest BCUT2D eigenvalue weighted by Gasteiger charge is -2.09. The van der Waals surface area contributed by atoms with Crippen LogP contribution in [0.1, 0.15) is 22.3 Å². The number of aryl methyl sites for hydroxylation is 2. The number of anilines is 1.